The number of rotatable bonds is 6. The van der Waals surface area contributed by atoms with E-state index >= 15 is 0 Å². The molecule has 2 aromatic carbocycles. The third kappa shape index (κ3) is 4.65. The van der Waals surface area contributed by atoms with E-state index in [1.165, 1.54) is 0 Å². The maximum atomic E-state index is 10.4. The first kappa shape index (κ1) is 18.0. The van der Waals surface area contributed by atoms with E-state index in [9.17, 15) is 5.11 Å². The minimum Gasteiger partial charge on any atom is -0.460 e. The van der Waals surface area contributed by atoms with Gasteiger partial charge in [-0.25, -0.2) is 0 Å². The molecule has 25 heavy (non-hydrogen) atoms. The Balaban J connectivity index is 1.63. The fourth-order valence-electron chi connectivity index (χ4n) is 2.64. The van der Waals surface area contributed by atoms with Crippen LogP contribution in [-0.4, -0.2) is 11.1 Å². The van der Waals surface area contributed by atoms with Gasteiger partial charge in [-0.3, -0.25) is 0 Å². The topological polar surface area (TPSA) is 45.4 Å². The molecule has 0 spiro atoms. The van der Waals surface area contributed by atoms with Crippen molar-refractivity contribution >= 4 is 23.2 Å². The molecule has 5 heteroatoms. The highest BCUT2D eigenvalue weighted by Crippen LogP contribution is 2.28. The van der Waals surface area contributed by atoms with Crippen LogP contribution in [0.15, 0.2) is 65.1 Å². The summed E-state index contributed by atoms with van der Waals surface area (Å²) in [6.07, 6.45) is -0.581. The second kappa shape index (κ2) is 8.07. The maximum Gasteiger partial charge on any atom is 0.134 e. The maximum absolute atomic E-state index is 10.4. The van der Waals surface area contributed by atoms with Crippen LogP contribution in [0.3, 0.4) is 0 Å². The summed E-state index contributed by atoms with van der Waals surface area (Å²) in [5.74, 6) is 1.48. The number of halogens is 2. The lowest BCUT2D eigenvalue weighted by molar-refractivity contribution is 0.134. The number of aliphatic hydroxyl groups is 1. The van der Waals surface area contributed by atoms with E-state index in [1.807, 2.05) is 61.5 Å². The summed E-state index contributed by atoms with van der Waals surface area (Å²) < 4.78 is 5.85. The van der Waals surface area contributed by atoms with Crippen LogP contribution >= 0.6 is 23.2 Å². The summed E-state index contributed by atoms with van der Waals surface area (Å²) in [5.41, 5.74) is 1.72. The predicted octanol–water partition coefficient (Wildman–Crippen LogP) is 5.47. The second-order valence-electron chi connectivity index (χ2n) is 5.95. The predicted molar refractivity (Wildman–Crippen MR) is 102 cm³/mol. The molecule has 0 radical (unpaired) electrons. The van der Waals surface area contributed by atoms with Crippen LogP contribution < -0.4 is 5.32 Å². The lowest BCUT2D eigenvalue weighted by atomic mass is 10.0. The van der Waals surface area contributed by atoms with Crippen LogP contribution in [0.5, 0.6) is 0 Å². The number of nitrogens with one attached hydrogen (secondary N) is 1. The number of aliphatic hydroxyl groups excluding tert-OH is 1. The van der Waals surface area contributed by atoms with Crippen LogP contribution in [0.2, 0.25) is 10.0 Å². The molecule has 0 unspecified atom stereocenters. The Morgan fingerprint density at radius 3 is 2.36 bits per heavy atom. The molecule has 2 N–H and O–H groups in total. The van der Waals surface area contributed by atoms with E-state index in [0.717, 1.165) is 16.9 Å². The van der Waals surface area contributed by atoms with Gasteiger partial charge in [-0.2, -0.15) is 0 Å². The minimum absolute atomic E-state index is 0.114. The highest BCUT2D eigenvalue weighted by Gasteiger charge is 2.16. The molecule has 3 rings (SSSR count). The van der Waals surface area contributed by atoms with Crippen LogP contribution in [0.4, 0.5) is 0 Å². The normalized spacial score (nSPS) is 13.6. The molecule has 0 fully saturated rings. The quantitative estimate of drug-likeness (QED) is 0.600. The van der Waals surface area contributed by atoms with Crippen LogP contribution in [0, 0.1) is 0 Å². The summed E-state index contributed by atoms with van der Waals surface area (Å²) in [7, 11) is 0. The highest BCUT2D eigenvalue weighted by molar-refractivity contribution is 6.35. The zero-order valence-corrected chi connectivity index (χ0v) is 15.3. The zero-order chi connectivity index (χ0) is 17.8. The van der Waals surface area contributed by atoms with E-state index in [0.29, 0.717) is 22.4 Å². The minimum atomic E-state index is -0.581. The molecule has 130 valence electrons. The van der Waals surface area contributed by atoms with Gasteiger partial charge in [-0.1, -0.05) is 53.5 Å². The van der Waals surface area contributed by atoms with Gasteiger partial charge in [0.25, 0.3) is 0 Å². The Morgan fingerprint density at radius 2 is 1.68 bits per heavy atom. The highest BCUT2D eigenvalue weighted by atomic mass is 35.5. The summed E-state index contributed by atoms with van der Waals surface area (Å²) in [5, 5.41) is 14.8. The molecule has 1 heterocycles. The average Bonchev–Trinajstić information content (AvgIpc) is 3.08. The molecule has 0 bridgehead atoms. The summed E-state index contributed by atoms with van der Waals surface area (Å²) >= 11 is 12.1. The Labute approximate surface area is 157 Å². The summed E-state index contributed by atoms with van der Waals surface area (Å²) in [6.45, 7) is 2.46. The van der Waals surface area contributed by atoms with E-state index in [1.54, 1.807) is 6.07 Å². The fraction of sp³-hybridized carbons (Fsp3) is 0.200. The van der Waals surface area contributed by atoms with Crippen molar-refractivity contribution in [1.29, 1.82) is 0 Å². The molecule has 0 aliphatic rings. The van der Waals surface area contributed by atoms with E-state index in [-0.39, 0.29) is 6.04 Å². The number of furan rings is 1. The van der Waals surface area contributed by atoms with Crippen molar-refractivity contribution in [2.75, 3.05) is 0 Å². The monoisotopic (exact) mass is 375 g/mol. The molecule has 1 aromatic heterocycles. The molecule has 0 saturated carbocycles. The molecule has 0 amide bonds. The second-order valence-corrected chi connectivity index (χ2v) is 6.82. The molecule has 3 aromatic rings. The first-order valence-electron chi connectivity index (χ1n) is 8.04. The van der Waals surface area contributed by atoms with Gasteiger partial charge in [-0.05, 0) is 42.8 Å². The largest absolute Gasteiger partial charge is 0.460 e. The van der Waals surface area contributed by atoms with Crippen LogP contribution in [-0.2, 0) is 6.54 Å². The molecule has 0 aliphatic heterocycles. The Bertz CT molecular complexity index is 812. The molecule has 0 aliphatic carbocycles. The van der Waals surface area contributed by atoms with Gasteiger partial charge in [0.05, 0.1) is 12.6 Å². The van der Waals surface area contributed by atoms with Crippen molar-refractivity contribution in [3.05, 3.63) is 82.0 Å². The lowest BCUT2D eigenvalue weighted by Crippen LogP contribution is -2.31. The molecule has 3 nitrogen and oxygen atoms in total. The third-order valence-corrected chi connectivity index (χ3v) is 4.46. The average molecular weight is 376 g/mol. The molecule has 0 saturated heterocycles. The standard InChI is InChI=1S/C20H19Cl2NO2/c1-13(20(24)14-5-3-2-4-6-14)23-12-18-7-8-19(25-18)15-9-16(21)11-17(22)10-15/h2-11,13,20,23-24H,12H2,1H3/t13-,20+/m1/s1. The van der Waals surface area contributed by atoms with Gasteiger partial charge in [0, 0.05) is 21.7 Å². The number of hydrogen-bond acceptors (Lipinski definition) is 3. The van der Waals surface area contributed by atoms with Gasteiger partial charge < -0.3 is 14.8 Å². The number of benzene rings is 2. The Morgan fingerprint density at radius 1 is 1.00 bits per heavy atom. The molecule has 2 atom stereocenters. The van der Waals surface area contributed by atoms with E-state index in [4.69, 9.17) is 27.6 Å². The zero-order valence-electron chi connectivity index (χ0n) is 13.7. The Kier molecular flexibility index (Phi) is 5.82. The number of hydrogen-bond donors (Lipinski definition) is 2. The summed E-state index contributed by atoms with van der Waals surface area (Å²) in [6, 6.07) is 18.6. The van der Waals surface area contributed by atoms with Gasteiger partial charge in [0.1, 0.15) is 11.5 Å². The van der Waals surface area contributed by atoms with Crippen molar-refractivity contribution in [1.82, 2.24) is 5.32 Å². The van der Waals surface area contributed by atoms with Crippen LogP contribution in [0.1, 0.15) is 24.4 Å². The fourth-order valence-corrected chi connectivity index (χ4v) is 3.16. The SMILES string of the molecule is C[C@@H](NCc1ccc(-c2cc(Cl)cc(Cl)c2)o1)[C@H](O)c1ccccc1. The third-order valence-electron chi connectivity index (χ3n) is 4.02. The van der Waals surface area contributed by atoms with Crippen molar-refractivity contribution in [3.8, 4) is 11.3 Å². The molecular formula is C20H19Cl2NO2. The smallest absolute Gasteiger partial charge is 0.134 e. The van der Waals surface area contributed by atoms with Crippen molar-refractivity contribution in [3.63, 3.8) is 0 Å². The van der Waals surface area contributed by atoms with Gasteiger partial charge in [0.2, 0.25) is 0 Å². The first-order chi connectivity index (χ1) is 12.0. The van der Waals surface area contributed by atoms with Crippen LogP contribution in [0.25, 0.3) is 11.3 Å². The van der Waals surface area contributed by atoms with Gasteiger partial charge >= 0.3 is 0 Å². The van der Waals surface area contributed by atoms with Crippen molar-refractivity contribution < 1.29 is 9.52 Å². The van der Waals surface area contributed by atoms with Crippen molar-refractivity contribution in [2.45, 2.75) is 25.6 Å². The van der Waals surface area contributed by atoms with Crippen molar-refractivity contribution in [2.24, 2.45) is 0 Å². The lowest BCUT2D eigenvalue weighted by Gasteiger charge is -2.20. The van der Waals surface area contributed by atoms with Gasteiger partial charge in [0.15, 0.2) is 0 Å². The summed E-state index contributed by atoms with van der Waals surface area (Å²) in [4.78, 5) is 0. The van der Waals surface area contributed by atoms with Gasteiger partial charge in [-0.15, -0.1) is 0 Å². The molecular weight excluding hydrogens is 357 g/mol. The first-order valence-corrected chi connectivity index (χ1v) is 8.80. The Hall–Kier alpha value is -1.78. The van der Waals surface area contributed by atoms with E-state index < -0.39 is 6.10 Å². The van der Waals surface area contributed by atoms with E-state index in [2.05, 4.69) is 5.32 Å².